The highest BCUT2D eigenvalue weighted by Gasteiger charge is 2.21. The highest BCUT2D eigenvalue weighted by Crippen LogP contribution is 2.23. The van der Waals surface area contributed by atoms with Crippen molar-refractivity contribution < 1.29 is 12.8 Å². The lowest BCUT2D eigenvalue weighted by Crippen LogP contribution is -2.30. The molecule has 1 atom stereocenters. The van der Waals surface area contributed by atoms with Crippen molar-refractivity contribution in [1.82, 2.24) is 4.72 Å². The van der Waals surface area contributed by atoms with Gasteiger partial charge in [0.1, 0.15) is 5.82 Å². The Morgan fingerprint density at radius 3 is 2.22 bits per heavy atom. The van der Waals surface area contributed by atoms with E-state index in [2.05, 4.69) is 4.72 Å². The monoisotopic (exact) mass is 335 g/mol. The van der Waals surface area contributed by atoms with E-state index in [1.54, 1.807) is 12.1 Å². The van der Waals surface area contributed by atoms with E-state index in [1.165, 1.54) is 12.1 Å². The van der Waals surface area contributed by atoms with Crippen molar-refractivity contribution in [2.24, 2.45) is 5.92 Å². The quantitative estimate of drug-likeness (QED) is 0.830. The van der Waals surface area contributed by atoms with Crippen LogP contribution < -0.4 is 4.72 Å². The Balaban J connectivity index is 2.19. The zero-order valence-corrected chi connectivity index (χ0v) is 14.2. The summed E-state index contributed by atoms with van der Waals surface area (Å²) in [6.07, 6.45) is 0.681. The third-order valence-corrected chi connectivity index (χ3v) is 4.87. The van der Waals surface area contributed by atoms with E-state index < -0.39 is 15.8 Å². The van der Waals surface area contributed by atoms with Gasteiger partial charge in [-0.05, 0) is 24.0 Å². The number of sulfonamides is 1. The van der Waals surface area contributed by atoms with Gasteiger partial charge in [0.2, 0.25) is 10.0 Å². The van der Waals surface area contributed by atoms with Crippen molar-refractivity contribution in [3.63, 3.8) is 0 Å². The smallest absolute Gasteiger partial charge is 0.212 e. The topological polar surface area (TPSA) is 46.2 Å². The molecular weight excluding hydrogens is 313 g/mol. The minimum atomic E-state index is -3.64. The maximum atomic E-state index is 13.7. The van der Waals surface area contributed by atoms with Crippen LogP contribution in [0.15, 0.2) is 54.6 Å². The molecule has 0 bridgehead atoms. The summed E-state index contributed by atoms with van der Waals surface area (Å²) in [5, 5.41) is 0. The van der Waals surface area contributed by atoms with Crippen LogP contribution in [0.1, 0.15) is 37.4 Å². The molecule has 0 aliphatic carbocycles. The van der Waals surface area contributed by atoms with Gasteiger partial charge in [0.15, 0.2) is 0 Å². The van der Waals surface area contributed by atoms with E-state index >= 15 is 0 Å². The number of benzene rings is 2. The Morgan fingerprint density at radius 2 is 1.61 bits per heavy atom. The minimum Gasteiger partial charge on any atom is -0.212 e. The maximum Gasteiger partial charge on any atom is 0.216 e. The van der Waals surface area contributed by atoms with E-state index in [-0.39, 0.29) is 17.4 Å². The highest BCUT2D eigenvalue weighted by atomic mass is 32.2. The fourth-order valence-electron chi connectivity index (χ4n) is 2.49. The molecule has 2 aromatic carbocycles. The van der Waals surface area contributed by atoms with Gasteiger partial charge in [0, 0.05) is 11.6 Å². The van der Waals surface area contributed by atoms with Crippen LogP contribution in [0.4, 0.5) is 4.39 Å². The second-order valence-electron chi connectivity index (χ2n) is 6.06. The molecule has 2 aromatic rings. The molecule has 2 rings (SSSR count). The van der Waals surface area contributed by atoms with Crippen molar-refractivity contribution in [3.05, 3.63) is 71.5 Å². The molecule has 0 radical (unpaired) electrons. The summed E-state index contributed by atoms with van der Waals surface area (Å²) in [5.74, 6) is -0.532. The van der Waals surface area contributed by atoms with Gasteiger partial charge >= 0.3 is 0 Å². The molecule has 0 heterocycles. The average molecular weight is 335 g/mol. The Morgan fingerprint density at radius 1 is 1.00 bits per heavy atom. The summed E-state index contributed by atoms with van der Waals surface area (Å²) in [6, 6.07) is 15.1. The zero-order valence-electron chi connectivity index (χ0n) is 13.4. The molecule has 0 amide bonds. The Labute approximate surface area is 137 Å². The second kappa shape index (κ2) is 7.70. The van der Waals surface area contributed by atoms with Crippen molar-refractivity contribution >= 4 is 10.0 Å². The number of halogens is 1. The first kappa shape index (κ1) is 17.6. The lowest BCUT2D eigenvalue weighted by Gasteiger charge is -2.21. The first-order valence-electron chi connectivity index (χ1n) is 7.66. The van der Waals surface area contributed by atoms with E-state index in [0.29, 0.717) is 12.3 Å². The highest BCUT2D eigenvalue weighted by molar-refractivity contribution is 7.88. The zero-order chi connectivity index (χ0) is 16.9. The molecule has 23 heavy (non-hydrogen) atoms. The number of hydrogen-bond acceptors (Lipinski definition) is 2. The van der Waals surface area contributed by atoms with Crippen LogP contribution in [0.3, 0.4) is 0 Å². The molecule has 124 valence electrons. The van der Waals surface area contributed by atoms with E-state index in [1.807, 2.05) is 44.2 Å². The standard InChI is InChI=1S/C18H22FNO2S/c1-14(2)12-18(15-8-4-3-5-9-15)20-23(21,22)13-16-10-6-7-11-17(16)19/h3-11,14,18,20H,12-13H2,1-2H3/t18-/m1/s1. The molecule has 5 heteroatoms. The molecule has 0 saturated carbocycles. The Hall–Kier alpha value is -1.72. The van der Waals surface area contributed by atoms with Crippen molar-refractivity contribution in [1.29, 1.82) is 0 Å². The molecule has 0 aliphatic rings. The molecule has 0 aromatic heterocycles. The third-order valence-electron chi connectivity index (χ3n) is 3.53. The first-order valence-corrected chi connectivity index (χ1v) is 9.31. The van der Waals surface area contributed by atoms with Gasteiger partial charge in [0.05, 0.1) is 5.75 Å². The van der Waals surface area contributed by atoms with E-state index in [9.17, 15) is 12.8 Å². The Bertz CT molecular complexity index is 730. The number of nitrogens with one attached hydrogen (secondary N) is 1. The van der Waals surface area contributed by atoms with Gasteiger partial charge in [-0.3, -0.25) is 0 Å². The van der Waals surface area contributed by atoms with Crippen LogP contribution in [0.2, 0.25) is 0 Å². The first-order chi connectivity index (χ1) is 10.9. The van der Waals surface area contributed by atoms with Gasteiger partial charge in [0.25, 0.3) is 0 Å². The molecule has 0 saturated heterocycles. The van der Waals surface area contributed by atoms with Crippen LogP contribution in [0.25, 0.3) is 0 Å². The van der Waals surface area contributed by atoms with Crippen molar-refractivity contribution in [3.8, 4) is 0 Å². The van der Waals surface area contributed by atoms with Crippen LogP contribution in [-0.4, -0.2) is 8.42 Å². The fraction of sp³-hybridized carbons (Fsp3) is 0.333. The van der Waals surface area contributed by atoms with Crippen LogP contribution in [0.5, 0.6) is 0 Å². The molecule has 0 unspecified atom stereocenters. The van der Waals surface area contributed by atoms with E-state index in [0.717, 1.165) is 5.56 Å². The molecule has 0 aliphatic heterocycles. The summed E-state index contributed by atoms with van der Waals surface area (Å²) in [5.41, 5.74) is 1.09. The molecule has 0 spiro atoms. The van der Waals surface area contributed by atoms with Crippen LogP contribution >= 0.6 is 0 Å². The van der Waals surface area contributed by atoms with Crippen LogP contribution in [0, 0.1) is 11.7 Å². The second-order valence-corrected chi connectivity index (χ2v) is 7.82. The number of hydrogen-bond donors (Lipinski definition) is 1. The van der Waals surface area contributed by atoms with E-state index in [4.69, 9.17) is 0 Å². The third kappa shape index (κ3) is 5.44. The summed E-state index contributed by atoms with van der Waals surface area (Å²) in [4.78, 5) is 0. The van der Waals surface area contributed by atoms with Gasteiger partial charge < -0.3 is 0 Å². The molecular formula is C18H22FNO2S. The predicted molar refractivity (Wildman–Crippen MR) is 90.8 cm³/mol. The predicted octanol–water partition coefficient (Wildman–Crippen LogP) is 4.03. The summed E-state index contributed by atoms with van der Waals surface area (Å²) < 4.78 is 41.3. The van der Waals surface area contributed by atoms with Gasteiger partial charge in [-0.2, -0.15) is 0 Å². The lowest BCUT2D eigenvalue weighted by atomic mass is 9.98. The maximum absolute atomic E-state index is 13.7. The minimum absolute atomic E-state index is 0.177. The molecule has 3 nitrogen and oxygen atoms in total. The van der Waals surface area contributed by atoms with Crippen LogP contribution in [-0.2, 0) is 15.8 Å². The summed E-state index contributed by atoms with van der Waals surface area (Å²) in [7, 11) is -3.64. The Kier molecular flexibility index (Phi) is 5.91. The molecule has 1 N–H and O–H groups in total. The van der Waals surface area contributed by atoms with Gasteiger partial charge in [-0.1, -0.05) is 62.4 Å². The summed E-state index contributed by atoms with van der Waals surface area (Å²) in [6.45, 7) is 4.09. The SMILES string of the molecule is CC(C)C[C@@H](NS(=O)(=O)Cc1ccccc1F)c1ccccc1. The van der Waals surface area contributed by atoms with Gasteiger partial charge in [-0.25, -0.2) is 17.5 Å². The normalized spacial score (nSPS) is 13.2. The number of rotatable bonds is 7. The molecule has 0 fully saturated rings. The fourth-order valence-corrected chi connectivity index (χ4v) is 3.88. The summed E-state index contributed by atoms with van der Waals surface area (Å²) >= 11 is 0. The van der Waals surface area contributed by atoms with Crippen molar-refractivity contribution in [2.45, 2.75) is 32.1 Å². The largest absolute Gasteiger partial charge is 0.216 e. The average Bonchev–Trinajstić information content (AvgIpc) is 2.49. The lowest BCUT2D eigenvalue weighted by molar-refractivity contribution is 0.471. The van der Waals surface area contributed by atoms with Gasteiger partial charge in [-0.15, -0.1) is 0 Å². The van der Waals surface area contributed by atoms with Crippen molar-refractivity contribution in [2.75, 3.05) is 0 Å².